The Kier molecular flexibility index (Phi) is 2.86. The molecule has 1 heterocycles. The second-order valence-electron chi connectivity index (χ2n) is 3.47. The lowest BCUT2D eigenvalue weighted by Gasteiger charge is -1.95. The summed E-state index contributed by atoms with van der Waals surface area (Å²) in [5, 5.41) is 0.496. The number of nitrogens with zero attached hydrogens (tertiary/aromatic N) is 1. The van der Waals surface area contributed by atoms with Gasteiger partial charge < -0.3 is 0 Å². The molecule has 4 heteroatoms. The van der Waals surface area contributed by atoms with Crippen LogP contribution in [-0.4, -0.2) is 3.96 Å². The molecule has 0 spiro atoms. The van der Waals surface area contributed by atoms with Crippen molar-refractivity contribution < 1.29 is 4.39 Å². The number of unbranched alkanes of at least 4 members (excludes halogenated alkanes) is 1. The predicted octanol–water partition coefficient (Wildman–Crippen LogP) is 3.00. The lowest BCUT2D eigenvalue weighted by molar-refractivity contribution is 0.641. The van der Waals surface area contributed by atoms with Crippen LogP contribution >= 0.6 is 11.5 Å². The molecule has 0 saturated carbocycles. The number of halogens is 1. The minimum Gasteiger partial charge on any atom is -0.268 e. The first-order valence-electron chi connectivity index (χ1n) is 5.02. The largest absolute Gasteiger partial charge is 0.268 e. The molecule has 0 amide bonds. The maximum atomic E-state index is 13.4. The van der Waals surface area contributed by atoms with Crippen molar-refractivity contribution in [3.8, 4) is 0 Å². The fourth-order valence-electron chi connectivity index (χ4n) is 1.50. The highest BCUT2D eigenvalue weighted by Crippen LogP contribution is 2.20. The quantitative estimate of drug-likeness (QED) is 0.787. The molecule has 2 nitrogen and oxygen atoms in total. The molecule has 1 aromatic carbocycles. The van der Waals surface area contributed by atoms with Gasteiger partial charge in [0.15, 0.2) is 0 Å². The fourth-order valence-corrected chi connectivity index (χ4v) is 2.54. The van der Waals surface area contributed by atoms with E-state index in [1.165, 1.54) is 17.6 Å². The lowest BCUT2D eigenvalue weighted by Crippen LogP contribution is -2.12. The van der Waals surface area contributed by atoms with Gasteiger partial charge in [-0.3, -0.25) is 8.75 Å². The van der Waals surface area contributed by atoms with Gasteiger partial charge in [0.05, 0.1) is 10.1 Å². The first-order chi connectivity index (χ1) is 7.24. The Labute approximate surface area is 91.1 Å². The number of aromatic nitrogens is 1. The van der Waals surface area contributed by atoms with E-state index in [1.807, 2.05) is 0 Å². The summed E-state index contributed by atoms with van der Waals surface area (Å²) in [5.74, 6) is -0.301. The Morgan fingerprint density at radius 1 is 1.47 bits per heavy atom. The Hall–Kier alpha value is -1.16. The van der Waals surface area contributed by atoms with Gasteiger partial charge in [0.2, 0.25) is 0 Å². The first kappa shape index (κ1) is 10.4. The van der Waals surface area contributed by atoms with Gasteiger partial charge in [-0.2, -0.15) is 0 Å². The molecular weight excluding hydrogens is 213 g/mol. The van der Waals surface area contributed by atoms with E-state index >= 15 is 0 Å². The number of fused-ring (bicyclic) bond motifs is 1. The number of hydrogen-bond acceptors (Lipinski definition) is 2. The van der Waals surface area contributed by atoms with Gasteiger partial charge in [0.25, 0.3) is 5.56 Å². The predicted molar refractivity (Wildman–Crippen MR) is 61.0 cm³/mol. The second-order valence-corrected chi connectivity index (χ2v) is 4.50. The maximum absolute atomic E-state index is 13.4. The second kappa shape index (κ2) is 4.14. The van der Waals surface area contributed by atoms with Crippen LogP contribution < -0.4 is 5.56 Å². The van der Waals surface area contributed by atoms with Gasteiger partial charge >= 0.3 is 0 Å². The summed E-state index contributed by atoms with van der Waals surface area (Å²) in [6, 6.07) is 4.65. The molecule has 0 N–H and O–H groups in total. The van der Waals surface area contributed by atoms with E-state index < -0.39 is 0 Å². The van der Waals surface area contributed by atoms with Gasteiger partial charge in [-0.05, 0) is 18.6 Å². The standard InChI is InChI=1S/C11H12FNOS/c1-2-3-7-13-11(14)8-5-4-6-9(12)10(8)15-13/h4-6H,2-3,7H2,1H3. The zero-order chi connectivity index (χ0) is 10.8. The summed E-state index contributed by atoms with van der Waals surface area (Å²) in [6.45, 7) is 2.76. The van der Waals surface area contributed by atoms with Crippen molar-refractivity contribution in [3.05, 3.63) is 34.4 Å². The summed E-state index contributed by atoms with van der Waals surface area (Å²) >= 11 is 1.22. The lowest BCUT2D eigenvalue weighted by atomic mass is 10.3. The van der Waals surface area contributed by atoms with Crippen LogP contribution in [0.4, 0.5) is 4.39 Å². The fraction of sp³-hybridized carbons (Fsp3) is 0.364. The van der Waals surface area contributed by atoms with E-state index in [0.29, 0.717) is 16.6 Å². The molecule has 0 radical (unpaired) electrons. The summed E-state index contributed by atoms with van der Waals surface area (Å²) in [4.78, 5) is 11.8. The van der Waals surface area contributed by atoms with Crippen LogP contribution in [-0.2, 0) is 6.54 Å². The Morgan fingerprint density at radius 3 is 2.93 bits per heavy atom. The Bertz CT molecular complexity index is 529. The minimum atomic E-state index is -0.301. The number of rotatable bonds is 3. The third-order valence-electron chi connectivity index (χ3n) is 2.34. The average Bonchev–Trinajstić information content (AvgIpc) is 2.55. The Morgan fingerprint density at radius 2 is 2.27 bits per heavy atom. The van der Waals surface area contributed by atoms with Gasteiger partial charge in [-0.25, -0.2) is 4.39 Å². The van der Waals surface area contributed by atoms with Gasteiger partial charge in [0, 0.05) is 6.54 Å². The van der Waals surface area contributed by atoms with Crippen molar-refractivity contribution in [1.82, 2.24) is 3.96 Å². The maximum Gasteiger partial charge on any atom is 0.268 e. The summed E-state index contributed by atoms with van der Waals surface area (Å²) in [6.07, 6.45) is 1.98. The molecule has 0 aliphatic rings. The van der Waals surface area contributed by atoms with Crippen molar-refractivity contribution in [3.63, 3.8) is 0 Å². The molecule has 15 heavy (non-hydrogen) atoms. The zero-order valence-electron chi connectivity index (χ0n) is 8.50. The highest BCUT2D eigenvalue weighted by molar-refractivity contribution is 7.13. The molecule has 0 aliphatic heterocycles. The van der Waals surface area contributed by atoms with Crippen molar-refractivity contribution in [1.29, 1.82) is 0 Å². The molecular formula is C11H12FNOS. The van der Waals surface area contributed by atoms with Crippen LogP contribution in [0.5, 0.6) is 0 Å². The zero-order valence-corrected chi connectivity index (χ0v) is 9.31. The highest BCUT2D eigenvalue weighted by Gasteiger charge is 2.09. The summed E-state index contributed by atoms with van der Waals surface area (Å²) in [7, 11) is 0. The van der Waals surface area contributed by atoms with Crippen molar-refractivity contribution in [2.45, 2.75) is 26.3 Å². The van der Waals surface area contributed by atoms with Crippen LogP contribution in [0.1, 0.15) is 19.8 Å². The van der Waals surface area contributed by atoms with E-state index in [1.54, 1.807) is 16.1 Å². The summed E-state index contributed by atoms with van der Waals surface area (Å²) in [5.41, 5.74) is -0.0667. The van der Waals surface area contributed by atoms with Crippen LogP contribution in [0.15, 0.2) is 23.0 Å². The van der Waals surface area contributed by atoms with Crippen LogP contribution in [0, 0.1) is 5.82 Å². The third kappa shape index (κ3) is 1.81. The summed E-state index contributed by atoms with van der Waals surface area (Å²) < 4.78 is 15.5. The van der Waals surface area contributed by atoms with Crippen LogP contribution in [0.25, 0.3) is 10.1 Å². The molecule has 2 aromatic rings. The van der Waals surface area contributed by atoms with E-state index in [0.717, 1.165) is 12.8 Å². The molecule has 1 aromatic heterocycles. The smallest absolute Gasteiger partial charge is 0.268 e. The average molecular weight is 225 g/mol. The van der Waals surface area contributed by atoms with E-state index in [2.05, 4.69) is 6.92 Å². The molecule has 80 valence electrons. The normalized spacial score (nSPS) is 11.1. The van der Waals surface area contributed by atoms with Gasteiger partial charge in [0.1, 0.15) is 5.82 Å². The third-order valence-corrected chi connectivity index (χ3v) is 3.51. The van der Waals surface area contributed by atoms with Crippen LogP contribution in [0.3, 0.4) is 0 Å². The molecule has 0 aliphatic carbocycles. The van der Waals surface area contributed by atoms with Crippen molar-refractivity contribution in [2.24, 2.45) is 0 Å². The van der Waals surface area contributed by atoms with E-state index in [4.69, 9.17) is 0 Å². The highest BCUT2D eigenvalue weighted by atomic mass is 32.1. The topological polar surface area (TPSA) is 22.0 Å². The number of benzene rings is 1. The van der Waals surface area contributed by atoms with Crippen molar-refractivity contribution in [2.75, 3.05) is 0 Å². The van der Waals surface area contributed by atoms with Crippen molar-refractivity contribution >= 4 is 21.6 Å². The number of hydrogen-bond donors (Lipinski definition) is 0. The molecule has 2 rings (SSSR count). The van der Waals surface area contributed by atoms with Gasteiger partial charge in [-0.15, -0.1) is 0 Å². The molecule has 0 bridgehead atoms. The Balaban J connectivity index is 2.54. The van der Waals surface area contributed by atoms with E-state index in [9.17, 15) is 9.18 Å². The van der Waals surface area contributed by atoms with Gasteiger partial charge in [-0.1, -0.05) is 30.9 Å². The number of aryl methyl sites for hydroxylation is 1. The first-order valence-corrected chi connectivity index (χ1v) is 5.79. The minimum absolute atomic E-state index is 0.0667. The molecule has 0 saturated heterocycles. The molecule has 0 atom stereocenters. The molecule has 0 unspecified atom stereocenters. The monoisotopic (exact) mass is 225 g/mol. The SMILES string of the molecule is CCCCn1sc2c(F)cccc2c1=O. The van der Waals surface area contributed by atoms with E-state index in [-0.39, 0.29) is 11.4 Å². The molecule has 0 fully saturated rings. The van der Waals surface area contributed by atoms with Crippen LogP contribution in [0.2, 0.25) is 0 Å².